The highest BCUT2D eigenvalue weighted by Gasteiger charge is 1.93. The fourth-order valence-corrected chi connectivity index (χ4v) is 0.973. The van der Waals surface area contributed by atoms with Crippen molar-refractivity contribution in [2.24, 2.45) is 0 Å². The third-order valence-electron chi connectivity index (χ3n) is 1.58. The van der Waals surface area contributed by atoms with E-state index < -0.39 is 0 Å². The van der Waals surface area contributed by atoms with Crippen molar-refractivity contribution in [3.05, 3.63) is 35.4 Å². The van der Waals surface area contributed by atoms with Gasteiger partial charge in [-0.2, -0.15) is 5.26 Å². The van der Waals surface area contributed by atoms with Crippen LogP contribution in [0, 0.1) is 18.3 Å². The quantitative estimate of drug-likeness (QED) is 0.502. The molecule has 60 valence electrons. The molecule has 2 heteroatoms. The Kier molecular flexibility index (Phi) is 2.49. The molecule has 12 heavy (non-hydrogen) atoms. The van der Waals surface area contributed by atoms with E-state index in [0.29, 0.717) is 5.69 Å². The number of benzene rings is 1. The highest BCUT2D eigenvalue weighted by molar-refractivity contribution is 5.66. The zero-order chi connectivity index (χ0) is 8.97. The number of anilines is 1. The lowest BCUT2D eigenvalue weighted by Gasteiger charge is -1.99. The average Bonchev–Trinajstić information content (AvgIpc) is 2.03. The Labute approximate surface area is 71.9 Å². The zero-order valence-electron chi connectivity index (χ0n) is 6.91. The molecular weight excluding hydrogens is 148 g/mol. The Hall–Kier alpha value is -1.75. The highest BCUT2D eigenvalue weighted by Crippen LogP contribution is 2.14. The van der Waals surface area contributed by atoms with E-state index in [0.717, 1.165) is 11.1 Å². The second-order valence-electron chi connectivity index (χ2n) is 2.59. The maximum Gasteiger partial charge on any atom is 0.0912 e. The molecule has 1 aromatic carbocycles. The summed E-state index contributed by atoms with van der Waals surface area (Å²) in [4.78, 5) is 0. The average molecular weight is 158 g/mol. The first-order chi connectivity index (χ1) is 5.74. The van der Waals surface area contributed by atoms with Crippen LogP contribution in [-0.4, -0.2) is 0 Å². The fourth-order valence-electron chi connectivity index (χ4n) is 0.973. The molecule has 0 aliphatic carbocycles. The van der Waals surface area contributed by atoms with Crippen LogP contribution in [0.2, 0.25) is 0 Å². The van der Waals surface area contributed by atoms with Crippen molar-refractivity contribution in [2.45, 2.75) is 6.92 Å². The van der Waals surface area contributed by atoms with Crippen molar-refractivity contribution in [1.82, 2.24) is 0 Å². The van der Waals surface area contributed by atoms with Crippen LogP contribution in [0.1, 0.15) is 11.1 Å². The van der Waals surface area contributed by atoms with E-state index in [2.05, 4.69) is 0 Å². The monoisotopic (exact) mass is 158 g/mol. The third kappa shape index (κ3) is 1.86. The molecule has 2 N–H and O–H groups in total. The lowest BCUT2D eigenvalue weighted by atomic mass is 10.1. The predicted octanol–water partition coefficient (Wildman–Crippen LogP) is 2.11. The topological polar surface area (TPSA) is 49.8 Å². The lowest BCUT2D eigenvalue weighted by molar-refractivity contribution is 1.46. The van der Waals surface area contributed by atoms with Crippen LogP contribution in [0.5, 0.6) is 0 Å². The first-order valence-corrected chi connectivity index (χ1v) is 3.66. The molecule has 0 aromatic heterocycles. The number of hydrogen-bond acceptors (Lipinski definition) is 2. The maximum absolute atomic E-state index is 8.30. The largest absolute Gasteiger partial charge is 0.398 e. The first-order valence-electron chi connectivity index (χ1n) is 3.66. The molecule has 1 rings (SSSR count). The predicted molar refractivity (Wildman–Crippen MR) is 50.2 cm³/mol. The second-order valence-corrected chi connectivity index (χ2v) is 2.59. The summed E-state index contributed by atoms with van der Waals surface area (Å²) in [5.41, 5.74) is 8.43. The van der Waals surface area contributed by atoms with E-state index in [1.54, 1.807) is 6.08 Å². The normalized spacial score (nSPS) is 10.0. The van der Waals surface area contributed by atoms with Crippen molar-refractivity contribution in [1.29, 1.82) is 5.26 Å². The van der Waals surface area contributed by atoms with Gasteiger partial charge in [0.25, 0.3) is 0 Å². The van der Waals surface area contributed by atoms with Crippen LogP contribution in [0.4, 0.5) is 5.69 Å². The molecule has 1 aromatic rings. The summed E-state index contributed by atoms with van der Waals surface area (Å²) in [5.74, 6) is 0. The Balaban J connectivity index is 3.03. The van der Waals surface area contributed by atoms with Gasteiger partial charge in [-0.05, 0) is 30.2 Å². The number of nitriles is 1. The van der Waals surface area contributed by atoms with Gasteiger partial charge in [0.2, 0.25) is 0 Å². The number of rotatable bonds is 1. The summed E-state index contributed by atoms with van der Waals surface area (Å²) in [6.07, 6.45) is 3.12. The third-order valence-corrected chi connectivity index (χ3v) is 1.58. The van der Waals surface area contributed by atoms with Crippen molar-refractivity contribution >= 4 is 11.8 Å². The van der Waals surface area contributed by atoms with Gasteiger partial charge in [-0.1, -0.05) is 12.1 Å². The van der Waals surface area contributed by atoms with E-state index in [9.17, 15) is 0 Å². The summed E-state index contributed by atoms with van der Waals surface area (Å²) in [5, 5.41) is 8.30. The molecule has 0 saturated carbocycles. The van der Waals surface area contributed by atoms with Crippen LogP contribution in [0.25, 0.3) is 6.08 Å². The van der Waals surface area contributed by atoms with Gasteiger partial charge in [0, 0.05) is 11.8 Å². The molecule has 0 spiro atoms. The molecule has 0 amide bonds. The first kappa shape index (κ1) is 8.35. The number of nitrogens with zero attached hydrogens (tertiary/aromatic N) is 1. The minimum Gasteiger partial charge on any atom is -0.398 e. The molecule has 0 aliphatic heterocycles. The van der Waals surface area contributed by atoms with Gasteiger partial charge in [0.05, 0.1) is 6.07 Å². The number of nitrogens with two attached hydrogens (primary N) is 1. The summed E-state index contributed by atoms with van der Waals surface area (Å²) in [6, 6.07) is 7.67. The van der Waals surface area contributed by atoms with Crippen LogP contribution >= 0.6 is 0 Å². The Bertz CT molecular complexity index is 345. The van der Waals surface area contributed by atoms with E-state index >= 15 is 0 Å². The number of hydrogen-bond donors (Lipinski definition) is 1. The highest BCUT2D eigenvalue weighted by atomic mass is 14.6. The number of nitrogen functional groups attached to an aromatic ring is 1. The van der Waals surface area contributed by atoms with E-state index in [-0.39, 0.29) is 0 Å². The minimum atomic E-state index is 0.710. The smallest absolute Gasteiger partial charge is 0.0912 e. The zero-order valence-corrected chi connectivity index (χ0v) is 6.91. The SMILES string of the molecule is Cc1ccc(C=CC#N)c(N)c1. The number of aryl methyl sites for hydroxylation is 1. The van der Waals surface area contributed by atoms with Gasteiger partial charge >= 0.3 is 0 Å². The molecule has 0 saturated heterocycles. The van der Waals surface area contributed by atoms with Crippen LogP contribution in [-0.2, 0) is 0 Å². The van der Waals surface area contributed by atoms with Gasteiger partial charge in [0.1, 0.15) is 0 Å². The molecule has 0 fully saturated rings. The standard InChI is InChI=1S/C10H10N2/c1-8-4-5-9(3-2-6-11)10(12)7-8/h2-5,7H,12H2,1H3. The summed E-state index contributed by atoms with van der Waals surface area (Å²) < 4.78 is 0. The summed E-state index contributed by atoms with van der Waals surface area (Å²) in [6.45, 7) is 1.98. The summed E-state index contributed by atoms with van der Waals surface area (Å²) in [7, 11) is 0. The van der Waals surface area contributed by atoms with Crippen LogP contribution in [0.15, 0.2) is 24.3 Å². The van der Waals surface area contributed by atoms with Gasteiger partial charge in [0.15, 0.2) is 0 Å². The number of allylic oxidation sites excluding steroid dienone is 1. The Morgan fingerprint density at radius 1 is 1.50 bits per heavy atom. The molecule has 2 nitrogen and oxygen atoms in total. The molecule has 0 atom stereocenters. The van der Waals surface area contributed by atoms with E-state index in [1.165, 1.54) is 6.08 Å². The Morgan fingerprint density at radius 3 is 2.83 bits per heavy atom. The molecular formula is C10H10N2. The minimum absolute atomic E-state index is 0.710. The summed E-state index contributed by atoms with van der Waals surface area (Å²) >= 11 is 0. The molecule has 0 bridgehead atoms. The van der Waals surface area contributed by atoms with Gasteiger partial charge in [-0.25, -0.2) is 0 Å². The van der Waals surface area contributed by atoms with Crippen molar-refractivity contribution < 1.29 is 0 Å². The molecule has 0 heterocycles. The molecule has 0 unspecified atom stereocenters. The van der Waals surface area contributed by atoms with Crippen LogP contribution < -0.4 is 5.73 Å². The maximum atomic E-state index is 8.30. The van der Waals surface area contributed by atoms with Gasteiger partial charge in [-0.15, -0.1) is 0 Å². The Morgan fingerprint density at radius 2 is 2.25 bits per heavy atom. The lowest BCUT2D eigenvalue weighted by Crippen LogP contribution is -1.89. The molecule has 0 aliphatic rings. The fraction of sp³-hybridized carbons (Fsp3) is 0.100. The second kappa shape index (κ2) is 3.59. The van der Waals surface area contributed by atoms with E-state index in [1.807, 2.05) is 31.2 Å². The van der Waals surface area contributed by atoms with Crippen molar-refractivity contribution in [3.8, 4) is 6.07 Å². The van der Waals surface area contributed by atoms with Crippen molar-refractivity contribution in [2.75, 3.05) is 5.73 Å². The van der Waals surface area contributed by atoms with Crippen LogP contribution in [0.3, 0.4) is 0 Å². The molecule has 0 radical (unpaired) electrons. The van der Waals surface area contributed by atoms with Gasteiger partial charge < -0.3 is 5.73 Å². The van der Waals surface area contributed by atoms with E-state index in [4.69, 9.17) is 11.0 Å². The van der Waals surface area contributed by atoms with Crippen molar-refractivity contribution in [3.63, 3.8) is 0 Å². The van der Waals surface area contributed by atoms with Gasteiger partial charge in [-0.3, -0.25) is 0 Å².